The van der Waals surface area contributed by atoms with Crippen LogP contribution in [0, 0.1) is 0 Å². The van der Waals surface area contributed by atoms with Crippen molar-refractivity contribution in [3.05, 3.63) is 11.7 Å². The zero-order valence-corrected chi connectivity index (χ0v) is 10.3. The molecular weight excluding hydrogens is 391 g/mol. The van der Waals surface area contributed by atoms with Crippen LogP contribution in [-0.2, 0) is 0 Å². The third kappa shape index (κ3) is 2.64. The second-order valence-corrected chi connectivity index (χ2v) is 4.04. The van der Waals surface area contributed by atoms with E-state index < -0.39 is 47.5 Å². The van der Waals surface area contributed by atoms with Crippen LogP contribution in [0.25, 0.3) is 0 Å². The molecule has 0 atom stereocenters. The molecule has 0 aliphatic heterocycles. The van der Waals surface area contributed by atoms with Crippen LogP contribution in [0.5, 0.6) is 0 Å². The van der Waals surface area contributed by atoms with Crippen LogP contribution in [0.4, 0.5) is 57.1 Å². The number of hydrogen-bond donors (Lipinski definition) is 3. The van der Waals surface area contributed by atoms with Crippen molar-refractivity contribution in [3.8, 4) is 0 Å². The normalized spacial score (nSPS) is 15.4. The number of aliphatic hydroxyl groups excluding tert-OH is 2. The van der Waals surface area contributed by atoms with E-state index in [-0.39, 0.29) is 0 Å². The van der Waals surface area contributed by atoms with E-state index in [9.17, 15) is 57.1 Å². The van der Waals surface area contributed by atoms with E-state index >= 15 is 0 Å². The Hall–Kier alpha value is -1.77. The Bertz CT molecular complexity index is 514. The minimum atomic E-state index is -8.13. The van der Waals surface area contributed by atoms with E-state index in [2.05, 4.69) is 0 Å². The number of allylic oxidation sites excluding steroid dienone is 1. The number of alkyl halides is 13. The van der Waals surface area contributed by atoms with Crippen molar-refractivity contribution < 1.29 is 72.4 Å². The molecule has 0 fully saturated rings. The zero-order chi connectivity index (χ0) is 20.2. The van der Waals surface area contributed by atoms with Gasteiger partial charge in [0, 0.05) is 0 Å². The highest BCUT2D eigenvalue weighted by atomic mass is 19.4. The van der Waals surface area contributed by atoms with Crippen LogP contribution in [0.15, 0.2) is 11.7 Å². The van der Waals surface area contributed by atoms with E-state index in [1.165, 1.54) is 0 Å². The Morgan fingerprint density at radius 3 is 1.00 bits per heavy atom. The lowest BCUT2D eigenvalue weighted by molar-refractivity contribution is -0.438. The molecule has 16 heteroatoms. The molecule has 0 aliphatic carbocycles. The second-order valence-electron chi connectivity index (χ2n) is 4.04. The Labute approximate surface area is 121 Å². The van der Waals surface area contributed by atoms with Crippen LogP contribution in [-0.4, -0.2) is 51.1 Å². The fourth-order valence-corrected chi connectivity index (χ4v) is 1.06. The highest BCUT2D eigenvalue weighted by molar-refractivity contribution is 5.18. The lowest BCUT2D eigenvalue weighted by atomic mass is 9.93. The van der Waals surface area contributed by atoms with Crippen molar-refractivity contribution in [2.75, 3.05) is 0 Å². The van der Waals surface area contributed by atoms with Crippen molar-refractivity contribution in [2.24, 2.45) is 0 Å². The SMILES string of the molecule is OC(O)=C(O)C(F)(F)C(F)(F)C(F)(F)C(F)(F)C(F)(F)C(F)(F)F. The minimum Gasteiger partial charge on any atom is -0.501 e. The maximum Gasteiger partial charge on any atom is 0.460 e. The molecule has 0 aromatic rings. The van der Waals surface area contributed by atoms with E-state index in [1.807, 2.05) is 0 Å². The van der Waals surface area contributed by atoms with E-state index in [4.69, 9.17) is 15.3 Å². The van der Waals surface area contributed by atoms with Crippen molar-refractivity contribution in [1.82, 2.24) is 0 Å². The summed E-state index contributed by atoms with van der Waals surface area (Å²) < 4.78 is 162. The Morgan fingerprint density at radius 1 is 0.458 bits per heavy atom. The van der Waals surface area contributed by atoms with Crippen LogP contribution in [0.1, 0.15) is 0 Å². The van der Waals surface area contributed by atoms with Gasteiger partial charge in [-0.05, 0) is 0 Å². The molecule has 0 aromatic carbocycles. The molecule has 0 heterocycles. The van der Waals surface area contributed by atoms with E-state index in [1.54, 1.807) is 0 Å². The predicted molar refractivity (Wildman–Crippen MR) is 45.7 cm³/mol. The first-order valence-corrected chi connectivity index (χ1v) is 4.88. The van der Waals surface area contributed by atoms with Gasteiger partial charge in [-0.25, -0.2) is 0 Å². The summed E-state index contributed by atoms with van der Waals surface area (Å²) in [5.74, 6) is -46.0. The lowest BCUT2D eigenvalue weighted by Crippen LogP contribution is -2.70. The highest BCUT2D eigenvalue weighted by Crippen LogP contribution is 2.61. The van der Waals surface area contributed by atoms with Crippen molar-refractivity contribution in [2.45, 2.75) is 35.8 Å². The van der Waals surface area contributed by atoms with Gasteiger partial charge in [0.2, 0.25) is 0 Å². The van der Waals surface area contributed by atoms with E-state index in [0.717, 1.165) is 0 Å². The molecule has 0 bridgehead atoms. The predicted octanol–water partition coefficient (Wildman–Crippen LogP) is 4.57. The van der Waals surface area contributed by atoms with Crippen LogP contribution in [0.2, 0.25) is 0 Å². The smallest absolute Gasteiger partial charge is 0.460 e. The summed E-state index contributed by atoms with van der Waals surface area (Å²) in [5.41, 5.74) is 0. The summed E-state index contributed by atoms with van der Waals surface area (Å²) in [6.07, 6.45) is -7.55. The first-order chi connectivity index (χ1) is 10.1. The molecule has 0 saturated carbocycles. The Kier molecular flexibility index (Phi) is 4.97. The topological polar surface area (TPSA) is 60.7 Å². The molecule has 0 radical (unpaired) electrons. The first-order valence-electron chi connectivity index (χ1n) is 4.88. The van der Waals surface area contributed by atoms with Crippen LogP contribution >= 0.6 is 0 Å². The summed E-state index contributed by atoms with van der Waals surface area (Å²) in [6, 6.07) is 0. The maximum atomic E-state index is 12.9. The largest absolute Gasteiger partial charge is 0.501 e. The average Bonchev–Trinajstić information content (AvgIpc) is 2.35. The summed E-state index contributed by atoms with van der Waals surface area (Å²) in [5, 5.41) is 23.9. The first kappa shape index (κ1) is 22.2. The molecule has 0 saturated heterocycles. The summed E-state index contributed by atoms with van der Waals surface area (Å²) >= 11 is 0. The molecule has 0 aliphatic rings. The molecule has 24 heavy (non-hydrogen) atoms. The van der Waals surface area contributed by atoms with Crippen LogP contribution < -0.4 is 0 Å². The van der Waals surface area contributed by atoms with Gasteiger partial charge in [-0.1, -0.05) is 0 Å². The summed E-state index contributed by atoms with van der Waals surface area (Å²) in [6.45, 7) is 0. The monoisotopic (exact) mass is 394 g/mol. The standard InChI is InChI=1S/C8H3F13O3/c9-3(10,1(22)2(23)24)4(11,12)5(13,14)6(15,16)7(17,18)8(19,20)21/h22-24H. The van der Waals surface area contributed by atoms with Gasteiger partial charge in [-0.15, -0.1) is 0 Å². The zero-order valence-electron chi connectivity index (χ0n) is 10.3. The molecule has 0 amide bonds. The molecule has 144 valence electrons. The number of halogens is 13. The van der Waals surface area contributed by atoms with Crippen molar-refractivity contribution in [1.29, 1.82) is 0 Å². The quantitative estimate of drug-likeness (QED) is 0.473. The Morgan fingerprint density at radius 2 is 0.750 bits per heavy atom. The second kappa shape index (κ2) is 5.37. The molecule has 0 spiro atoms. The third-order valence-electron chi connectivity index (χ3n) is 2.44. The molecule has 3 nitrogen and oxygen atoms in total. The number of hydrogen-bond acceptors (Lipinski definition) is 3. The number of aliphatic hydroxyl groups is 3. The lowest BCUT2D eigenvalue weighted by Gasteiger charge is -2.39. The van der Waals surface area contributed by atoms with Gasteiger partial charge in [-0.3, -0.25) is 0 Å². The van der Waals surface area contributed by atoms with Gasteiger partial charge in [0.15, 0.2) is 0 Å². The molecular formula is C8H3F13O3. The number of rotatable bonds is 5. The average molecular weight is 394 g/mol. The van der Waals surface area contributed by atoms with Gasteiger partial charge >= 0.3 is 41.7 Å². The molecule has 0 unspecified atom stereocenters. The highest BCUT2D eigenvalue weighted by Gasteiger charge is 2.91. The minimum absolute atomic E-state index is 3.21. The van der Waals surface area contributed by atoms with Crippen molar-refractivity contribution >= 4 is 0 Å². The fourth-order valence-electron chi connectivity index (χ4n) is 1.06. The maximum absolute atomic E-state index is 12.9. The van der Waals surface area contributed by atoms with Gasteiger partial charge in [-0.2, -0.15) is 57.1 Å². The van der Waals surface area contributed by atoms with Gasteiger partial charge in [0.25, 0.3) is 5.76 Å². The Balaban J connectivity index is 6.47. The van der Waals surface area contributed by atoms with Gasteiger partial charge in [0.05, 0.1) is 0 Å². The fraction of sp³-hybridized carbons (Fsp3) is 0.750. The molecule has 0 aromatic heterocycles. The molecule has 3 N–H and O–H groups in total. The van der Waals surface area contributed by atoms with Gasteiger partial charge < -0.3 is 15.3 Å². The third-order valence-corrected chi connectivity index (χ3v) is 2.44. The van der Waals surface area contributed by atoms with E-state index in [0.29, 0.717) is 0 Å². The molecule has 0 rings (SSSR count). The van der Waals surface area contributed by atoms with Crippen LogP contribution in [0.3, 0.4) is 0 Å². The summed E-state index contributed by atoms with van der Waals surface area (Å²) in [4.78, 5) is 0. The van der Waals surface area contributed by atoms with Crippen molar-refractivity contribution in [3.63, 3.8) is 0 Å². The summed E-state index contributed by atoms with van der Waals surface area (Å²) in [7, 11) is 0. The van der Waals surface area contributed by atoms with Gasteiger partial charge in [0.1, 0.15) is 0 Å².